The predicted molar refractivity (Wildman–Crippen MR) is 180 cm³/mol. The van der Waals surface area contributed by atoms with Crippen LogP contribution in [-0.2, 0) is 41.6 Å². The minimum absolute atomic E-state index is 0.0289. The second kappa shape index (κ2) is 16.8. The zero-order valence-corrected chi connectivity index (χ0v) is 27.8. The third-order valence-corrected chi connectivity index (χ3v) is 8.98. The number of phenols is 1. The van der Waals surface area contributed by atoms with Gasteiger partial charge in [-0.3, -0.25) is 28.8 Å². The van der Waals surface area contributed by atoms with E-state index in [1.54, 1.807) is 18.3 Å². The van der Waals surface area contributed by atoms with Crippen molar-refractivity contribution in [3.63, 3.8) is 0 Å². The number of carbonyl (C=O) groups excluding carboxylic acids is 5. The first-order chi connectivity index (χ1) is 23.4. The fourth-order valence-electron chi connectivity index (χ4n) is 6.03. The molecular weight excluding hydrogens is 656 g/mol. The summed E-state index contributed by atoms with van der Waals surface area (Å²) in [7, 11) is 1.36. The van der Waals surface area contributed by atoms with Gasteiger partial charge in [0.15, 0.2) is 0 Å². The number of carboxylic acids is 1. The number of aromatic hydroxyl groups is 1. The number of primary amides is 1. The Hall–Kier alpha value is -5.11. The first-order valence-electron chi connectivity index (χ1n) is 16.0. The van der Waals surface area contributed by atoms with E-state index in [4.69, 9.17) is 17.3 Å². The first-order valence-corrected chi connectivity index (χ1v) is 16.5. The molecule has 262 valence electrons. The Morgan fingerprint density at radius 1 is 1.02 bits per heavy atom. The molecule has 1 fully saturated rings. The van der Waals surface area contributed by atoms with Gasteiger partial charge in [0.1, 0.15) is 35.8 Å². The third kappa shape index (κ3) is 9.50. The molecule has 7 N–H and O–H groups in total. The van der Waals surface area contributed by atoms with Crippen LogP contribution in [0.4, 0.5) is 0 Å². The molecule has 0 radical (unpaired) electrons. The normalized spacial score (nSPS) is 16.3. The number of piperidine rings is 1. The van der Waals surface area contributed by atoms with E-state index < -0.39 is 65.6 Å². The van der Waals surface area contributed by atoms with E-state index in [1.165, 1.54) is 24.1 Å². The summed E-state index contributed by atoms with van der Waals surface area (Å²) in [5.74, 6) is -4.80. The lowest BCUT2D eigenvalue weighted by molar-refractivity contribution is -0.151. The fourth-order valence-corrected chi connectivity index (χ4v) is 6.22. The van der Waals surface area contributed by atoms with E-state index in [0.29, 0.717) is 18.4 Å². The van der Waals surface area contributed by atoms with Crippen LogP contribution in [0.5, 0.6) is 5.75 Å². The number of likely N-dealkylation sites (tertiary alicyclic amines) is 1. The summed E-state index contributed by atoms with van der Waals surface area (Å²) in [4.78, 5) is 83.6. The second-order valence-corrected chi connectivity index (χ2v) is 12.4. The van der Waals surface area contributed by atoms with E-state index in [9.17, 15) is 39.0 Å². The number of nitrogens with zero attached hydrogens (tertiary/aromatic N) is 2. The smallest absolute Gasteiger partial charge is 0.303 e. The number of hydrogen-bond acceptors (Lipinski definition) is 7. The maximum atomic E-state index is 14.0. The van der Waals surface area contributed by atoms with E-state index in [2.05, 4.69) is 15.6 Å². The predicted octanol–water partition coefficient (Wildman–Crippen LogP) is 1.43. The summed E-state index contributed by atoms with van der Waals surface area (Å²) in [5.41, 5.74) is 7.82. The van der Waals surface area contributed by atoms with Gasteiger partial charge in [-0.15, -0.1) is 11.6 Å². The molecule has 15 heteroatoms. The summed E-state index contributed by atoms with van der Waals surface area (Å²) >= 11 is 5.74. The van der Waals surface area contributed by atoms with Crippen molar-refractivity contribution >= 4 is 58.0 Å². The number of halogens is 1. The minimum Gasteiger partial charge on any atom is -0.508 e. The molecule has 5 amide bonds. The van der Waals surface area contributed by atoms with Crippen molar-refractivity contribution < 1.29 is 39.0 Å². The number of likely N-dealkylation sites (N-methyl/N-ethyl adjacent to an activating group) is 1. The number of nitrogens with one attached hydrogen (secondary N) is 3. The number of nitrogens with two attached hydrogens (primary N) is 1. The Morgan fingerprint density at radius 3 is 2.41 bits per heavy atom. The Labute approximate surface area is 287 Å². The molecule has 2 heterocycles. The summed E-state index contributed by atoms with van der Waals surface area (Å²) in [5, 5.41) is 25.2. The van der Waals surface area contributed by atoms with Gasteiger partial charge >= 0.3 is 5.97 Å². The summed E-state index contributed by atoms with van der Waals surface area (Å²) in [6.45, 7) is 0.180. The average molecular weight is 697 g/mol. The molecule has 3 aromatic rings. The number of H-pyrrole nitrogens is 1. The Morgan fingerprint density at radius 2 is 1.73 bits per heavy atom. The molecule has 1 aromatic heterocycles. The highest BCUT2D eigenvalue weighted by Crippen LogP contribution is 2.23. The highest BCUT2D eigenvalue weighted by molar-refractivity contribution is 6.27. The quantitative estimate of drug-likeness (QED) is 0.128. The standard InChI is InChI=1S/C34H41ClN6O8/c1-40(29(43)18-35)28(13-14-30(44)45)34(49)41-15-5-4-8-27(41)33(48)39-26(17-21-19-37-24-7-3-2-6-23(21)24)32(47)38-25(31(36)46)16-20-9-11-22(42)12-10-20/h2-3,6-7,9-12,19,25-28,37,42H,4-5,8,13-18H2,1H3,(H2,36,46)(H,38,47)(H,39,48)(H,44,45). The minimum atomic E-state index is -1.20. The summed E-state index contributed by atoms with van der Waals surface area (Å²) in [6, 6.07) is 8.99. The molecule has 0 spiro atoms. The number of para-hydroxylation sites is 1. The lowest BCUT2D eigenvalue weighted by Gasteiger charge is -2.39. The zero-order chi connectivity index (χ0) is 35.7. The van der Waals surface area contributed by atoms with Crippen molar-refractivity contribution in [1.29, 1.82) is 0 Å². The molecule has 49 heavy (non-hydrogen) atoms. The lowest BCUT2D eigenvalue weighted by Crippen LogP contribution is -2.60. The van der Waals surface area contributed by atoms with Crippen molar-refractivity contribution in [3.05, 3.63) is 65.9 Å². The molecule has 0 saturated carbocycles. The van der Waals surface area contributed by atoms with Gasteiger partial charge in [0.25, 0.3) is 0 Å². The molecule has 1 aliphatic rings. The molecule has 4 rings (SSSR count). The van der Waals surface area contributed by atoms with Gasteiger partial charge in [0, 0.05) is 50.0 Å². The van der Waals surface area contributed by atoms with E-state index in [-0.39, 0.29) is 44.4 Å². The number of benzene rings is 2. The lowest BCUT2D eigenvalue weighted by atomic mass is 9.97. The number of aromatic nitrogens is 1. The van der Waals surface area contributed by atoms with Crippen LogP contribution in [0.3, 0.4) is 0 Å². The van der Waals surface area contributed by atoms with Gasteiger partial charge in [0.2, 0.25) is 29.5 Å². The van der Waals surface area contributed by atoms with Crippen LogP contribution in [0.25, 0.3) is 10.9 Å². The number of alkyl halides is 1. The zero-order valence-electron chi connectivity index (χ0n) is 27.1. The largest absolute Gasteiger partial charge is 0.508 e. The number of aromatic amines is 1. The van der Waals surface area contributed by atoms with Crippen LogP contribution in [0.15, 0.2) is 54.7 Å². The van der Waals surface area contributed by atoms with Crippen LogP contribution in [0, 0.1) is 0 Å². The molecule has 2 aromatic carbocycles. The number of rotatable bonds is 15. The molecule has 4 unspecified atom stereocenters. The molecule has 14 nitrogen and oxygen atoms in total. The fraction of sp³-hybridized carbons (Fsp3) is 0.412. The highest BCUT2D eigenvalue weighted by atomic mass is 35.5. The number of amides is 5. The van der Waals surface area contributed by atoms with Crippen LogP contribution in [0.2, 0.25) is 0 Å². The van der Waals surface area contributed by atoms with Crippen LogP contribution in [0.1, 0.15) is 43.2 Å². The van der Waals surface area contributed by atoms with Gasteiger partial charge in [-0.2, -0.15) is 0 Å². The maximum Gasteiger partial charge on any atom is 0.303 e. The Kier molecular flexibility index (Phi) is 12.6. The number of hydrogen-bond donors (Lipinski definition) is 6. The molecule has 0 aliphatic carbocycles. The van der Waals surface area contributed by atoms with Gasteiger partial charge in [-0.1, -0.05) is 30.3 Å². The number of carbonyl (C=O) groups is 6. The van der Waals surface area contributed by atoms with Gasteiger partial charge < -0.3 is 41.4 Å². The van der Waals surface area contributed by atoms with Crippen molar-refractivity contribution in [3.8, 4) is 5.75 Å². The molecule has 1 saturated heterocycles. The van der Waals surface area contributed by atoms with Crippen molar-refractivity contribution in [2.75, 3.05) is 19.5 Å². The van der Waals surface area contributed by atoms with Gasteiger partial charge in [-0.25, -0.2) is 0 Å². The van der Waals surface area contributed by atoms with Gasteiger partial charge in [-0.05, 0) is 55.0 Å². The van der Waals surface area contributed by atoms with E-state index in [0.717, 1.165) is 21.4 Å². The van der Waals surface area contributed by atoms with E-state index in [1.807, 2.05) is 24.3 Å². The second-order valence-electron chi connectivity index (χ2n) is 12.1. The molecule has 4 atom stereocenters. The van der Waals surface area contributed by atoms with Crippen LogP contribution < -0.4 is 16.4 Å². The number of fused-ring (bicyclic) bond motifs is 1. The summed E-state index contributed by atoms with van der Waals surface area (Å²) in [6.07, 6.45) is 2.67. The molecular formula is C34H41ClN6O8. The third-order valence-electron chi connectivity index (χ3n) is 8.75. The Balaban J connectivity index is 1.60. The van der Waals surface area contributed by atoms with Crippen LogP contribution in [-0.4, -0.2) is 104 Å². The topological polar surface area (TPSA) is 215 Å². The number of carboxylic acid groups (broad SMARTS) is 1. The van der Waals surface area contributed by atoms with Crippen LogP contribution >= 0.6 is 11.6 Å². The maximum absolute atomic E-state index is 14.0. The number of phenolic OH excluding ortho intramolecular Hbond substituents is 1. The molecule has 0 bridgehead atoms. The number of aliphatic carboxylic acids is 1. The van der Waals surface area contributed by atoms with Crippen molar-refractivity contribution in [1.82, 2.24) is 25.4 Å². The average Bonchev–Trinajstić information content (AvgIpc) is 3.50. The van der Waals surface area contributed by atoms with E-state index >= 15 is 0 Å². The monoisotopic (exact) mass is 696 g/mol. The summed E-state index contributed by atoms with van der Waals surface area (Å²) < 4.78 is 0. The Bertz CT molecular complexity index is 1680. The highest BCUT2D eigenvalue weighted by Gasteiger charge is 2.39. The van der Waals surface area contributed by atoms with Crippen molar-refractivity contribution in [2.45, 2.75) is 69.1 Å². The first kappa shape index (κ1) is 36.7. The van der Waals surface area contributed by atoms with Gasteiger partial charge in [0.05, 0.1) is 0 Å². The molecule has 1 aliphatic heterocycles. The SMILES string of the molecule is CN(C(=O)CCl)C(CCC(=O)O)C(=O)N1CCCCC1C(=O)NC(Cc1c[nH]c2ccccc12)C(=O)NC(Cc1ccc(O)cc1)C(N)=O. The van der Waals surface area contributed by atoms with Crippen molar-refractivity contribution in [2.24, 2.45) is 5.73 Å².